The summed E-state index contributed by atoms with van der Waals surface area (Å²) in [5.41, 5.74) is 1.02. The van der Waals surface area contributed by atoms with Crippen molar-refractivity contribution in [3.8, 4) is 23.0 Å². The predicted molar refractivity (Wildman–Crippen MR) is 86.1 cm³/mol. The van der Waals surface area contributed by atoms with Crippen molar-refractivity contribution in [1.29, 1.82) is 0 Å². The monoisotopic (exact) mass is 333 g/mol. The van der Waals surface area contributed by atoms with E-state index in [-0.39, 0.29) is 29.5 Å². The number of carbonyl (C=O) groups excluding carboxylic acids is 1. The van der Waals surface area contributed by atoms with E-state index in [9.17, 15) is 25.2 Å². The number of rotatable bonds is 6. The molecular formula is C17H19NO6. The molecule has 7 heteroatoms. The molecule has 1 atom stereocenters. The van der Waals surface area contributed by atoms with Gasteiger partial charge in [0, 0.05) is 6.54 Å². The normalized spacial score (nSPS) is 11.8. The molecule has 0 aliphatic heterocycles. The number of nitrogens with one attached hydrogen (secondary N) is 1. The van der Waals surface area contributed by atoms with Gasteiger partial charge in [-0.3, -0.25) is 4.79 Å². The highest BCUT2D eigenvalue weighted by molar-refractivity contribution is 5.82. The summed E-state index contributed by atoms with van der Waals surface area (Å²) in [6, 6.07) is 8.55. The lowest BCUT2D eigenvalue weighted by molar-refractivity contribution is -0.129. The van der Waals surface area contributed by atoms with Crippen LogP contribution in [0.4, 0.5) is 0 Å². The van der Waals surface area contributed by atoms with Crippen LogP contribution in [0.5, 0.6) is 23.0 Å². The number of aliphatic hydroxyl groups excluding tert-OH is 1. The number of carbonyl (C=O) groups is 1. The Balaban J connectivity index is 1.93. The zero-order valence-electron chi connectivity index (χ0n) is 13.1. The summed E-state index contributed by atoms with van der Waals surface area (Å²) >= 11 is 0. The Morgan fingerprint density at radius 1 is 1.08 bits per heavy atom. The van der Waals surface area contributed by atoms with Gasteiger partial charge in [0.25, 0.3) is 5.91 Å². The standard InChI is InChI=1S/C17H19NO6/c1-24-15-9-11(3-5-13(15)20)16(22)17(23)18-7-6-10-2-4-12(19)14(21)8-10/h2-5,8-9,16,19-22H,6-7H2,1H3,(H,18,23). The molecule has 1 amide bonds. The molecule has 0 heterocycles. The molecule has 0 saturated heterocycles. The van der Waals surface area contributed by atoms with Crippen LogP contribution in [-0.2, 0) is 11.2 Å². The lowest BCUT2D eigenvalue weighted by Crippen LogP contribution is -2.31. The molecule has 0 radical (unpaired) electrons. The number of aliphatic hydroxyl groups is 1. The van der Waals surface area contributed by atoms with E-state index in [1.165, 1.54) is 37.4 Å². The molecule has 0 aromatic heterocycles. The topological polar surface area (TPSA) is 119 Å². The summed E-state index contributed by atoms with van der Waals surface area (Å²) in [6.07, 6.45) is -0.974. The first kappa shape index (κ1) is 17.4. The molecule has 0 fully saturated rings. The molecule has 0 aliphatic rings. The molecule has 0 spiro atoms. The van der Waals surface area contributed by atoms with Gasteiger partial charge < -0.3 is 30.5 Å². The van der Waals surface area contributed by atoms with Gasteiger partial charge in [-0.1, -0.05) is 12.1 Å². The van der Waals surface area contributed by atoms with Crippen molar-refractivity contribution < 1.29 is 30.0 Å². The fourth-order valence-corrected chi connectivity index (χ4v) is 2.17. The summed E-state index contributed by atoms with van der Waals surface area (Å²) in [6.45, 7) is 0.245. The fourth-order valence-electron chi connectivity index (χ4n) is 2.17. The van der Waals surface area contributed by atoms with Gasteiger partial charge >= 0.3 is 0 Å². The highest BCUT2D eigenvalue weighted by Crippen LogP contribution is 2.29. The Hall–Kier alpha value is -2.93. The SMILES string of the molecule is COc1cc(C(O)C(=O)NCCc2ccc(O)c(O)c2)ccc1O. The van der Waals surface area contributed by atoms with Gasteiger partial charge in [0.1, 0.15) is 0 Å². The quantitative estimate of drug-likeness (QED) is 0.507. The first-order chi connectivity index (χ1) is 11.4. The molecule has 1 unspecified atom stereocenters. The number of methoxy groups -OCH3 is 1. The second-order valence-corrected chi connectivity index (χ2v) is 5.20. The van der Waals surface area contributed by atoms with Gasteiger partial charge in [-0.15, -0.1) is 0 Å². The van der Waals surface area contributed by atoms with E-state index in [0.717, 1.165) is 5.56 Å². The van der Waals surface area contributed by atoms with Crippen molar-refractivity contribution >= 4 is 5.91 Å². The number of phenols is 3. The van der Waals surface area contributed by atoms with E-state index in [1.54, 1.807) is 6.07 Å². The van der Waals surface area contributed by atoms with Crippen molar-refractivity contribution in [2.75, 3.05) is 13.7 Å². The Kier molecular flexibility index (Phi) is 5.49. The van der Waals surface area contributed by atoms with Crippen LogP contribution in [0.15, 0.2) is 36.4 Å². The van der Waals surface area contributed by atoms with Crippen LogP contribution >= 0.6 is 0 Å². The minimum atomic E-state index is -1.40. The molecule has 2 aromatic rings. The molecule has 5 N–H and O–H groups in total. The molecule has 0 saturated carbocycles. The molecule has 0 aliphatic carbocycles. The smallest absolute Gasteiger partial charge is 0.253 e. The lowest BCUT2D eigenvalue weighted by atomic mass is 10.1. The van der Waals surface area contributed by atoms with Crippen molar-refractivity contribution in [3.63, 3.8) is 0 Å². The van der Waals surface area contributed by atoms with Crippen molar-refractivity contribution in [3.05, 3.63) is 47.5 Å². The second kappa shape index (κ2) is 7.56. The summed E-state index contributed by atoms with van der Waals surface area (Å²) in [4.78, 5) is 12.0. The molecule has 128 valence electrons. The first-order valence-corrected chi connectivity index (χ1v) is 7.26. The maximum atomic E-state index is 12.0. The van der Waals surface area contributed by atoms with Gasteiger partial charge in [0.05, 0.1) is 7.11 Å². The van der Waals surface area contributed by atoms with E-state index >= 15 is 0 Å². The molecule has 2 rings (SSSR count). The van der Waals surface area contributed by atoms with Gasteiger partial charge in [0.15, 0.2) is 29.1 Å². The van der Waals surface area contributed by atoms with Crippen LogP contribution in [0, 0.1) is 0 Å². The van der Waals surface area contributed by atoms with Gasteiger partial charge in [-0.25, -0.2) is 0 Å². The number of hydrogen-bond donors (Lipinski definition) is 5. The summed E-state index contributed by atoms with van der Waals surface area (Å²) in [5, 5.41) is 40.8. The fraction of sp³-hybridized carbons (Fsp3) is 0.235. The third kappa shape index (κ3) is 4.08. The zero-order chi connectivity index (χ0) is 17.7. The Morgan fingerprint density at radius 2 is 1.79 bits per heavy atom. The number of benzene rings is 2. The van der Waals surface area contributed by atoms with E-state index in [2.05, 4.69) is 5.32 Å². The van der Waals surface area contributed by atoms with E-state index in [1.807, 2.05) is 0 Å². The number of amides is 1. The van der Waals surface area contributed by atoms with Crippen LogP contribution in [0.2, 0.25) is 0 Å². The molecule has 24 heavy (non-hydrogen) atoms. The van der Waals surface area contributed by atoms with Gasteiger partial charge in [0.2, 0.25) is 0 Å². The Morgan fingerprint density at radius 3 is 2.46 bits per heavy atom. The number of phenolic OH excluding ortho intramolecular Hbond substituents is 3. The highest BCUT2D eigenvalue weighted by atomic mass is 16.5. The molecule has 2 aromatic carbocycles. The average Bonchev–Trinajstić information content (AvgIpc) is 2.57. The van der Waals surface area contributed by atoms with Crippen LogP contribution < -0.4 is 10.1 Å². The van der Waals surface area contributed by atoms with Crippen molar-refractivity contribution in [1.82, 2.24) is 5.32 Å². The minimum Gasteiger partial charge on any atom is -0.504 e. The van der Waals surface area contributed by atoms with Gasteiger partial charge in [-0.2, -0.15) is 0 Å². The second-order valence-electron chi connectivity index (χ2n) is 5.20. The number of ether oxygens (including phenoxy) is 1. The Labute approximate surface area is 138 Å². The van der Waals surface area contributed by atoms with E-state index in [0.29, 0.717) is 12.0 Å². The molecular weight excluding hydrogens is 314 g/mol. The maximum absolute atomic E-state index is 12.0. The van der Waals surface area contributed by atoms with Crippen LogP contribution in [0.1, 0.15) is 17.2 Å². The predicted octanol–water partition coefficient (Wildman–Crippen LogP) is 1.20. The van der Waals surface area contributed by atoms with Crippen LogP contribution in [0.3, 0.4) is 0 Å². The number of hydrogen-bond acceptors (Lipinski definition) is 6. The lowest BCUT2D eigenvalue weighted by Gasteiger charge is -2.13. The van der Waals surface area contributed by atoms with Crippen molar-refractivity contribution in [2.24, 2.45) is 0 Å². The summed E-state index contributed by atoms with van der Waals surface area (Å²) in [5.74, 6) is -0.944. The van der Waals surface area contributed by atoms with E-state index in [4.69, 9.17) is 4.74 Å². The minimum absolute atomic E-state index is 0.0824. The van der Waals surface area contributed by atoms with E-state index < -0.39 is 12.0 Å². The third-order valence-electron chi connectivity index (χ3n) is 3.52. The van der Waals surface area contributed by atoms with Crippen LogP contribution in [0.25, 0.3) is 0 Å². The number of aromatic hydroxyl groups is 3. The largest absolute Gasteiger partial charge is 0.504 e. The molecule has 7 nitrogen and oxygen atoms in total. The average molecular weight is 333 g/mol. The Bertz CT molecular complexity index is 731. The zero-order valence-corrected chi connectivity index (χ0v) is 13.1. The third-order valence-corrected chi connectivity index (χ3v) is 3.52. The van der Waals surface area contributed by atoms with Crippen molar-refractivity contribution in [2.45, 2.75) is 12.5 Å². The summed E-state index contributed by atoms with van der Waals surface area (Å²) < 4.78 is 4.94. The van der Waals surface area contributed by atoms with Gasteiger partial charge in [-0.05, 0) is 41.8 Å². The van der Waals surface area contributed by atoms with Crippen LogP contribution in [-0.4, -0.2) is 40.0 Å². The molecule has 0 bridgehead atoms. The highest BCUT2D eigenvalue weighted by Gasteiger charge is 2.18. The maximum Gasteiger partial charge on any atom is 0.253 e. The summed E-state index contributed by atoms with van der Waals surface area (Å²) in [7, 11) is 1.37. The first-order valence-electron chi connectivity index (χ1n) is 7.26.